The number of aryl methyl sites for hydroxylation is 2. The van der Waals surface area contributed by atoms with Gasteiger partial charge in [0, 0.05) is 5.39 Å². The summed E-state index contributed by atoms with van der Waals surface area (Å²) in [5.74, 6) is 0.405. The van der Waals surface area contributed by atoms with E-state index in [-0.39, 0.29) is 0 Å². The van der Waals surface area contributed by atoms with Crippen molar-refractivity contribution in [3.8, 4) is 5.75 Å². The summed E-state index contributed by atoms with van der Waals surface area (Å²) in [7, 11) is 0. The van der Waals surface area contributed by atoms with Crippen LogP contribution in [0.3, 0.4) is 0 Å². The molecular formula is C12H10O. The van der Waals surface area contributed by atoms with Gasteiger partial charge in [0.1, 0.15) is 5.75 Å². The van der Waals surface area contributed by atoms with Crippen molar-refractivity contribution in [2.24, 2.45) is 0 Å². The number of phenolic OH excluding ortho intramolecular Hbond substituents is 1. The normalized spacial score (nSPS) is 13.8. The van der Waals surface area contributed by atoms with Crippen molar-refractivity contribution in [3.63, 3.8) is 0 Å². The average molecular weight is 170 g/mol. The van der Waals surface area contributed by atoms with Gasteiger partial charge in [0.25, 0.3) is 0 Å². The standard InChI is InChI=1S/C12H10O/c13-11-7-6-9-5-4-8-2-1-3-10(11)12(8)9/h1-3,6-7,13H,4-5H2. The molecule has 0 aliphatic heterocycles. The molecule has 3 rings (SSSR count). The summed E-state index contributed by atoms with van der Waals surface area (Å²) < 4.78 is 0. The largest absolute Gasteiger partial charge is 0.507 e. The van der Waals surface area contributed by atoms with Crippen molar-refractivity contribution in [2.45, 2.75) is 12.8 Å². The van der Waals surface area contributed by atoms with E-state index in [9.17, 15) is 5.11 Å². The Morgan fingerprint density at radius 2 is 1.69 bits per heavy atom. The van der Waals surface area contributed by atoms with Crippen molar-refractivity contribution in [3.05, 3.63) is 41.5 Å². The lowest BCUT2D eigenvalue weighted by Gasteiger charge is -2.02. The highest BCUT2D eigenvalue weighted by Crippen LogP contribution is 2.35. The molecular weight excluding hydrogens is 160 g/mol. The first-order valence-corrected chi connectivity index (χ1v) is 4.59. The number of phenols is 1. The summed E-state index contributed by atoms with van der Waals surface area (Å²) >= 11 is 0. The zero-order valence-corrected chi connectivity index (χ0v) is 7.25. The number of hydrogen-bond acceptors (Lipinski definition) is 1. The predicted octanol–water partition coefficient (Wildman–Crippen LogP) is 2.64. The number of hydrogen-bond donors (Lipinski definition) is 1. The minimum atomic E-state index is 0.405. The van der Waals surface area contributed by atoms with Crippen molar-refractivity contribution in [1.29, 1.82) is 0 Å². The Hall–Kier alpha value is -1.50. The Kier molecular flexibility index (Phi) is 1.21. The highest BCUT2D eigenvalue weighted by atomic mass is 16.3. The van der Waals surface area contributed by atoms with E-state index in [1.54, 1.807) is 6.07 Å². The molecule has 2 aromatic carbocycles. The molecule has 0 bridgehead atoms. The molecule has 0 unspecified atom stereocenters. The first-order valence-electron chi connectivity index (χ1n) is 4.59. The molecule has 0 saturated carbocycles. The van der Waals surface area contributed by atoms with Crippen LogP contribution in [0.25, 0.3) is 10.8 Å². The van der Waals surface area contributed by atoms with E-state index in [0.717, 1.165) is 18.2 Å². The van der Waals surface area contributed by atoms with Crippen LogP contribution in [0.5, 0.6) is 5.75 Å². The molecule has 0 radical (unpaired) electrons. The van der Waals surface area contributed by atoms with Crippen LogP contribution in [0.4, 0.5) is 0 Å². The van der Waals surface area contributed by atoms with E-state index in [0.29, 0.717) is 5.75 Å². The van der Waals surface area contributed by atoms with Crippen molar-refractivity contribution in [1.82, 2.24) is 0 Å². The van der Waals surface area contributed by atoms with Crippen LogP contribution >= 0.6 is 0 Å². The lowest BCUT2D eigenvalue weighted by Crippen LogP contribution is -1.78. The third-order valence-corrected chi connectivity index (χ3v) is 2.85. The zero-order chi connectivity index (χ0) is 8.84. The SMILES string of the molecule is Oc1ccc2c3c(cccc13)CC2. The van der Waals surface area contributed by atoms with Crippen LogP contribution in [0.15, 0.2) is 30.3 Å². The van der Waals surface area contributed by atoms with Gasteiger partial charge in [0.2, 0.25) is 0 Å². The Labute approximate surface area is 76.6 Å². The number of rotatable bonds is 0. The summed E-state index contributed by atoms with van der Waals surface area (Å²) in [5, 5.41) is 11.9. The Bertz CT molecular complexity index is 475. The molecule has 0 heterocycles. The molecule has 64 valence electrons. The van der Waals surface area contributed by atoms with Crippen molar-refractivity contribution < 1.29 is 5.11 Å². The Morgan fingerprint density at radius 3 is 2.54 bits per heavy atom. The van der Waals surface area contributed by atoms with E-state index in [1.165, 1.54) is 16.5 Å². The second-order valence-electron chi connectivity index (χ2n) is 3.58. The quantitative estimate of drug-likeness (QED) is 0.644. The van der Waals surface area contributed by atoms with Crippen molar-refractivity contribution >= 4 is 10.8 Å². The van der Waals surface area contributed by atoms with Crippen LogP contribution in [0, 0.1) is 0 Å². The minimum absolute atomic E-state index is 0.405. The lowest BCUT2D eigenvalue weighted by atomic mass is 10.0. The highest BCUT2D eigenvalue weighted by molar-refractivity contribution is 5.94. The second kappa shape index (κ2) is 2.25. The van der Waals surface area contributed by atoms with E-state index in [4.69, 9.17) is 0 Å². The molecule has 0 saturated heterocycles. The average Bonchev–Trinajstić information content (AvgIpc) is 2.57. The van der Waals surface area contributed by atoms with E-state index < -0.39 is 0 Å². The summed E-state index contributed by atoms with van der Waals surface area (Å²) in [5.41, 5.74) is 2.76. The molecule has 0 fully saturated rings. The van der Waals surface area contributed by atoms with E-state index in [2.05, 4.69) is 6.07 Å². The molecule has 0 aromatic heterocycles. The minimum Gasteiger partial charge on any atom is -0.507 e. The Morgan fingerprint density at radius 1 is 0.923 bits per heavy atom. The van der Waals surface area contributed by atoms with E-state index >= 15 is 0 Å². The first kappa shape index (κ1) is 6.96. The second-order valence-corrected chi connectivity index (χ2v) is 3.58. The molecule has 13 heavy (non-hydrogen) atoms. The van der Waals surface area contributed by atoms with Gasteiger partial charge in [-0.25, -0.2) is 0 Å². The molecule has 1 nitrogen and oxygen atoms in total. The van der Waals surface area contributed by atoms with Gasteiger partial charge in [-0.3, -0.25) is 0 Å². The van der Waals surface area contributed by atoms with E-state index in [1.807, 2.05) is 18.2 Å². The Balaban J connectivity index is 2.58. The maximum absolute atomic E-state index is 9.65. The van der Waals surface area contributed by atoms with Gasteiger partial charge in [-0.1, -0.05) is 24.3 Å². The maximum atomic E-state index is 9.65. The molecule has 2 aromatic rings. The number of aromatic hydroxyl groups is 1. The van der Waals surface area contributed by atoms with Crippen LogP contribution < -0.4 is 0 Å². The third-order valence-electron chi connectivity index (χ3n) is 2.85. The molecule has 1 aliphatic rings. The first-order chi connectivity index (χ1) is 6.36. The van der Waals surface area contributed by atoms with Gasteiger partial charge in [-0.2, -0.15) is 0 Å². The monoisotopic (exact) mass is 170 g/mol. The lowest BCUT2D eigenvalue weighted by molar-refractivity contribution is 0.481. The van der Waals surface area contributed by atoms with Gasteiger partial charge in [0.15, 0.2) is 0 Å². The van der Waals surface area contributed by atoms with Gasteiger partial charge >= 0.3 is 0 Å². The van der Waals surface area contributed by atoms with Crippen LogP contribution in [0.2, 0.25) is 0 Å². The smallest absolute Gasteiger partial charge is 0.123 e. The molecule has 1 heteroatoms. The summed E-state index contributed by atoms with van der Waals surface area (Å²) in [6, 6.07) is 9.99. The number of benzene rings is 2. The third kappa shape index (κ3) is 0.816. The van der Waals surface area contributed by atoms with Crippen LogP contribution in [0.1, 0.15) is 11.1 Å². The summed E-state index contributed by atoms with van der Waals surface area (Å²) in [6.45, 7) is 0. The fraction of sp³-hybridized carbons (Fsp3) is 0.167. The highest BCUT2D eigenvalue weighted by Gasteiger charge is 2.14. The van der Waals surface area contributed by atoms with Crippen molar-refractivity contribution in [2.75, 3.05) is 0 Å². The fourth-order valence-electron chi connectivity index (χ4n) is 2.23. The summed E-state index contributed by atoms with van der Waals surface area (Å²) in [4.78, 5) is 0. The van der Waals surface area contributed by atoms with Gasteiger partial charge in [0.05, 0.1) is 0 Å². The maximum Gasteiger partial charge on any atom is 0.123 e. The topological polar surface area (TPSA) is 20.2 Å². The zero-order valence-electron chi connectivity index (χ0n) is 7.25. The summed E-state index contributed by atoms with van der Waals surface area (Å²) in [6.07, 6.45) is 2.24. The van der Waals surface area contributed by atoms with Crippen LogP contribution in [-0.4, -0.2) is 5.11 Å². The van der Waals surface area contributed by atoms with Crippen LogP contribution in [-0.2, 0) is 12.8 Å². The molecule has 1 N–H and O–H groups in total. The molecule has 0 amide bonds. The van der Waals surface area contributed by atoms with Gasteiger partial charge < -0.3 is 5.11 Å². The van der Waals surface area contributed by atoms with Gasteiger partial charge in [-0.15, -0.1) is 0 Å². The molecule has 0 atom stereocenters. The van der Waals surface area contributed by atoms with Gasteiger partial charge in [-0.05, 0) is 35.4 Å². The predicted molar refractivity (Wildman–Crippen MR) is 53.0 cm³/mol. The molecule has 0 spiro atoms. The fourth-order valence-corrected chi connectivity index (χ4v) is 2.23. The molecule has 1 aliphatic carbocycles.